The second-order valence-electron chi connectivity index (χ2n) is 10.3. The quantitative estimate of drug-likeness (QED) is 0.388. The predicted octanol–water partition coefficient (Wildman–Crippen LogP) is 3.72. The maximum Gasteiger partial charge on any atom is 0.228 e. The third-order valence-electron chi connectivity index (χ3n) is 6.75. The first kappa shape index (κ1) is 30.6. The number of ether oxygens (including phenoxy) is 1. The van der Waals surface area contributed by atoms with Crippen molar-refractivity contribution in [1.82, 2.24) is 15.5 Å². The molecule has 2 aromatic carbocycles. The van der Waals surface area contributed by atoms with Gasteiger partial charge in [0.15, 0.2) is 0 Å². The van der Waals surface area contributed by atoms with Gasteiger partial charge < -0.3 is 25.4 Å². The number of carbonyl (C=O) groups excluding carboxylic acids is 2. The summed E-state index contributed by atoms with van der Waals surface area (Å²) in [6.45, 7) is 6.07. The number of piperidine rings is 1. The van der Waals surface area contributed by atoms with Gasteiger partial charge in [-0.1, -0.05) is 56.3 Å². The molecule has 0 saturated carbocycles. The van der Waals surface area contributed by atoms with E-state index in [1.54, 1.807) is 7.11 Å². The van der Waals surface area contributed by atoms with Crippen molar-refractivity contribution in [2.75, 3.05) is 26.7 Å². The zero-order chi connectivity index (χ0) is 26.0. The van der Waals surface area contributed by atoms with Crippen LogP contribution in [0.25, 0.3) is 0 Å². The average molecular weight is 532 g/mol. The Hall–Kier alpha value is -2.61. The maximum absolute atomic E-state index is 13.1. The fourth-order valence-corrected chi connectivity index (χ4v) is 4.70. The number of aliphatic hydroxyl groups is 1. The molecule has 1 aliphatic rings. The second-order valence-corrected chi connectivity index (χ2v) is 10.3. The van der Waals surface area contributed by atoms with Crippen molar-refractivity contribution in [2.24, 2.45) is 5.41 Å². The van der Waals surface area contributed by atoms with Crippen molar-refractivity contribution in [1.29, 1.82) is 0 Å². The summed E-state index contributed by atoms with van der Waals surface area (Å²) in [5.41, 5.74) is 1.27. The van der Waals surface area contributed by atoms with E-state index in [1.165, 1.54) is 0 Å². The molecule has 0 radical (unpaired) electrons. The van der Waals surface area contributed by atoms with Crippen LogP contribution in [0.3, 0.4) is 0 Å². The van der Waals surface area contributed by atoms with E-state index in [0.29, 0.717) is 19.5 Å². The van der Waals surface area contributed by atoms with E-state index in [9.17, 15) is 14.7 Å². The topological polar surface area (TPSA) is 90.9 Å². The molecule has 0 bridgehead atoms. The van der Waals surface area contributed by atoms with Crippen molar-refractivity contribution in [3.63, 3.8) is 0 Å². The van der Waals surface area contributed by atoms with Gasteiger partial charge in [0.1, 0.15) is 5.75 Å². The van der Waals surface area contributed by atoms with Gasteiger partial charge in [-0.05, 0) is 48.9 Å². The number of nitrogens with one attached hydrogen (secondary N) is 2. The number of hydrogen-bond donors (Lipinski definition) is 3. The van der Waals surface area contributed by atoms with Crippen LogP contribution in [-0.4, -0.2) is 60.7 Å². The Morgan fingerprint density at radius 3 is 2.38 bits per heavy atom. The SMILES string of the molecule is COc1cccc(CNC[C@@H](O)[C@H](Cc2ccccc2)NC(=O)CC(C)(C)C(=O)N2CCCCC2)c1.Cl. The van der Waals surface area contributed by atoms with Crippen molar-refractivity contribution in [3.8, 4) is 5.75 Å². The molecule has 1 heterocycles. The Morgan fingerprint density at radius 2 is 1.70 bits per heavy atom. The predicted molar refractivity (Wildman–Crippen MR) is 149 cm³/mol. The lowest BCUT2D eigenvalue weighted by Gasteiger charge is -2.34. The summed E-state index contributed by atoms with van der Waals surface area (Å²) in [6.07, 6.45) is 2.95. The van der Waals surface area contributed by atoms with Crippen LogP contribution in [0.5, 0.6) is 5.75 Å². The number of benzene rings is 2. The number of methoxy groups -OCH3 is 1. The maximum atomic E-state index is 13.1. The number of amides is 2. The van der Waals surface area contributed by atoms with Gasteiger partial charge in [0, 0.05) is 32.6 Å². The van der Waals surface area contributed by atoms with Crippen LogP contribution in [0.4, 0.5) is 0 Å². The summed E-state index contributed by atoms with van der Waals surface area (Å²) in [6, 6.07) is 17.1. The van der Waals surface area contributed by atoms with E-state index < -0.39 is 17.6 Å². The Labute approximate surface area is 227 Å². The molecule has 2 atom stereocenters. The van der Waals surface area contributed by atoms with E-state index in [4.69, 9.17) is 4.74 Å². The van der Waals surface area contributed by atoms with Crippen molar-refractivity contribution < 1.29 is 19.4 Å². The van der Waals surface area contributed by atoms with Crippen molar-refractivity contribution >= 4 is 24.2 Å². The smallest absolute Gasteiger partial charge is 0.228 e. The largest absolute Gasteiger partial charge is 0.497 e. The Kier molecular flexibility index (Phi) is 12.4. The van der Waals surface area contributed by atoms with E-state index in [1.807, 2.05) is 73.3 Å². The molecule has 1 aliphatic heterocycles. The molecule has 0 aromatic heterocycles. The summed E-state index contributed by atoms with van der Waals surface area (Å²) in [5.74, 6) is 0.585. The summed E-state index contributed by atoms with van der Waals surface area (Å²) in [5, 5.41) is 17.3. The molecular formula is C29H42ClN3O4. The standard InChI is InChI=1S/C29H41N3O4.ClH/c1-29(2,28(35)32-15-8-5-9-16-32)19-27(34)31-25(18-22-11-6-4-7-12-22)26(33)21-30-20-23-13-10-14-24(17-23)36-3;/h4,6-7,10-14,17,25-26,30,33H,5,8-9,15-16,18-21H2,1-3H3,(H,31,34);1H/t25-,26+;/m0./s1. The minimum atomic E-state index is -0.805. The van der Waals surface area contributed by atoms with Gasteiger partial charge in [-0.2, -0.15) is 0 Å². The monoisotopic (exact) mass is 531 g/mol. The van der Waals surface area contributed by atoms with Gasteiger partial charge >= 0.3 is 0 Å². The number of nitrogens with zero attached hydrogens (tertiary/aromatic N) is 1. The molecule has 2 amide bonds. The van der Waals surface area contributed by atoms with Gasteiger partial charge in [0.05, 0.1) is 24.7 Å². The molecule has 1 fully saturated rings. The number of carbonyl (C=O) groups is 2. The van der Waals surface area contributed by atoms with Gasteiger partial charge in [-0.25, -0.2) is 0 Å². The Balaban J connectivity index is 0.00000481. The average Bonchev–Trinajstić information content (AvgIpc) is 2.88. The highest BCUT2D eigenvalue weighted by molar-refractivity contribution is 5.88. The normalized spacial score (nSPS) is 15.3. The first-order valence-corrected chi connectivity index (χ1v) is 12.9. The lowest BCUT2D eigenvalue weighted by atomic mass is 9.86. The summed E-state index contributed by atoms with van der Waals surface area (Å²) < 4.78 is 5.27. The highest BCUT2D eigenvalue weighted by atomic mass is 35.5. The van der Waals surface area contributed by atoms with Gasteiger partial charge in [-0.15, -0.1) is 12.4 Å². The minimum absolute atomic E-state index is 0. The third kappa shape index (κ3) is 9.65. The van der Waals surface area contributed by atoms with Crippen LogP contribution in [0.1, 0.15) is 50.7 Å². The van der Waals surface area contributed by atoms with Crippen molar-refractivity contribution in [3.05, 3.63) is 65.7 Å². The lowest BCUT2D eigenvalue weighted by molar-refractivity contribution is -0.144. The zero-order valence-electron chi connectivity index (χ0n) is 22.2. The summed E-state index contributed by atoms with van der Waals surface area (Å²) >= 11 is 0. The molecule has 8 heteroatoms. The van der Waals surface area contributed by atoms with Gasteiger partial charge in [0.25, 0.3) is 0 Å². The zero-order valence-corrected chi connectivity index (χ0v) is 23.1. The van der Waals surface area contributed by atoms with E-state index in [2.05, 4.69) is 10.6 Å². The highest BCUT2D eigenvalue weighted by Crippen LogP contribution is 2.26. The molecule has 0 unspecified atom stereocenters. The molecule has 0 aliphatic carbocycles. The van der Waals surface area contributed by atoms with Crippen LogP contribution in [-0.2, 0) is 22.6 Å². The van der Waals surface area contributed by atoms with E-state index in [0.717, 1.165) is 49.2 Å². The molecule has 3 rings (SSSR count). The number of likely N-dealkylation sites (tertiary alicyclic amines) is 1. The number of aliphatic hydroxyl groups excluding tert-OH is 1. The Morgan fingerprint density at radius 1 is 1.03 bits per heavy atom. The van der Waals surface area contributed by atoms with Crippen LogP contribution < -0.4 is 15.4 Å². The van der Waals surface area contributed by atoms with Crippen molar-refractivity contribution in [2.45, 2.75) is 64.6 Å². The Bertz CT molecular complexity index is 980. The van der Waals surface area contributed by atoms with Crippen LogP contribution in [0, 0.1) is 5.41 Å². The molecule has 1 saturated heterocycles. The van der Waals surface area contributed by atoms with Crippen LogP contribution in [0.2, 0.25) is 0 Å². The molecular weight excluding hydrogens is 490 g/mol. The molecule has 37 heavy (non-hydrogen) atoms. The molecule has 3 N–H and O–H groups in total. The summed E-state index contributed by atoms with van der Waals surface area (Å²) in [7, 11) is 1.63. The molecule has 0 spiro atoms. The fourth-order valence-electron chi connectivity index (χ4n) is 4.70. The van der Waals surface area contributed by atoms with E-state index >= 15 is 0 Å². The van der Waals surface area contributed by atoms with E-state index in [-0.39, 0.29) is 30.6 Å². The molecule has 204 valence electrons. The number of hydrogen-bond acceptors (Lipinski definition) is 5. The fraction of sp³-hybridized carbons (Fsp3) is 0.517. The number of halogens is 1. The first-order valence-electron chi connectivity index (χ1n) is 12.9. The van der Waals surface area contributed by atoms with Crippen LogP contribution in [0.15, 0.2) is 54.6 Å². The van der Waals surface area contributed by atoms with Crippen LogP contribution >= 0.6 is 12.4 Å². The first-order chi connectivity index (χ1) is 17.3. The van der Waals surface area contributed by atoms with Gasteiger partial charge in [-0.3, -0.25) is 9.59 Å². The summed E-state index contributed by atoms with van der Waals surface area (Å²) in [4.78, 5) is 28.0. The number of rotatable bonds is 12. The minimum Gasteiger partial charge on any atom is -0.497 e. The lowest BCUT2D eigenvalue weighted by Crippen LogP contribution is -2.51. The third-order valence-corrected chi connectivity index (χ3v) is 6.75. The molecule has 2 aromatic rings. The highest BCUT2D eigenvalue weighted by Gasteiger charge is 2.35. The van der Waals surface area contributed by atoms with Gasteiger partial charge in [0.2, 0.25) is 11.8 Å². The molecule has 7 nitrogen and oxygen atoms in total. The second kappa shape index (κ2) is 15.0.